The van der Waals surface area contributed by atoms with Gasteiger partial charge in [0.15, 0.2) is 11.5 Å². The molecule has 9 heteroatoms. The summed E-state index contributed by atoms with van der Waals surface area (Å²) in [5.41, 5.74) is -0.0969. The Morgan fingerprint density at radius 2 is 1.48 bits per heavy atom. The fourth-order valence-electron chi connectivity index (χ4n) is 2.61. The molecule has 1 amide bonds. The number of carbonyl (C=O) groups is 1. The van der Waals surface area contributed by atoms with Gasteiger partial charge in [-0.2, -0.15) is 0 Å². The van der Waals surface area contributed by atoms with Gasteiger partial charge in [-0.1, -0.05) is 6.07 Å². The van der Waals surface area contributed by atoms with Crippen LogP contribution in [-0.2, 0) is 10.0 Å². The second-order valence-electron chi connectivity index (χ2n) is 7.24. The van der Waals surface area contributed by atoms with E-state index in [1.807, 2.05) is 0 Å². The summed E-state index contributed by atoms with van der Waals surface area (Å²) in [5.74, 6) is 0.589. The van der Waals surface area contributed by atoms with E-state index in [4.69, 9.17) is 14.2 Å². The van der Waals surface area contributed by atoms with E-state index in [1.165, 1.54) is 39.5 Å². The molecule has 2 N–H and O–H groups in total. The number of rotatable bonds is 7. The molecule has 0 atom stereocenters. The van der Waals surface area contributed by atoms with E-state index in [1.54, 1.807) is 39.0 Å². The Morgan fingerprint density at radius 3 is 2.03 bits per heavy atom. The summed E-state index contributed by atoms with van der Waals surface area (Å²) in [4.78, 5) is 12.8. The second kappa shape index (κ2) is 8.71. The lowest BCUT2D eigenvalue weighted by Gasteiger charge is -2.20. The van der Waals surface area contributed by atoms with E-state index < -0.39 is 21.5 Å². The average Bonchev–Trinajstić information content (AvgIpc) is 2.65. The number of amides is 1. The number of benzene rings is 2. The first-order valence-electron chi connectivity index (χ1n) is 8.76. The van der Waals surface area contributed by atoms with Gasteiger partial charge in [0, 0.05) is 23.4 Å². The Balaban J connectivity index is 2.35. The van der Waals surface area contributed by atoms with Gasteiger partial charge in [0.2, 0.25) is 10.0 Å². The lowest BCUT2D eigenvalue weighted by molar-refractivity contribution is 0.102. The molecule has 8 nitrogen and oxygen atoms in total. The fraction of sp³-hybridized carbons (Fsp3) is 0.350. The van der Waals surface area contributed by atoms with Gasteiger partial charge < -0.3 is 19.5 Å². The third-order valence-corrected chi connectivity index (χ3v) is 5.55. The number of hydrogen-bond donors (Lipinski definition) is 2. The van der Waals surface area contributed by atoms with Crippen LogP contribution >= 0.6 is 0 Å². The molecule has 0 aromatic heterocycles. The van der Waals surface area contributed by atoms with Crippen LogP contribution in [0, 0.1) is 0 Å². The van der Waals surface area contributed by atoms with Crippen LogP contribution in [0.25, 0.3) is 0 Å². The van der Waals surface area contributed by atoms with Crippen molar-refractivity contribution in [2.24, 2.45) is 0 Å². The number of nitrogens with one attached hydrogen (secondary N) is 2. The van der Waals surface area contributed by atoms with Gasteiger partial charge >= 0.3 is 0 Å². The van der Waals surface area contributed by atoms with Gasteiger partial charge in [-0.3, -0.25) is 4.79 Å². The number of methoxy groups -OCH3 is 3. The molecule has 0 aliphatic heterocycles. The first-order valence-corrected chi connectivity index (χ1v) is 10.2. The van der Waals surface area contributed by atoms with Crippen molar-refractivity contribution in [2.75, 3.05) is 26.6 Å². The van der Waals surface area contributed by atoms with Gasteiger partial charge in [-0.15, -0.1) is 0 Å². The second-order valence-corrected chi connectivity index (χ2v) is 8.93. The predicted molar refractivity (Wildman–Crippen MR) is 111 cm³/mol. The molecule has 2 aromatic rings. The summed E-state index contributed by atoms with van der Waals surface area (Å²) >= 11 is 0. The fourth-order valence-corrected chi connectivity index (χ4v) is 4.07. The SMILES string of the molecule is COc1cc(OC)c(C(=O)Nc2cccc(S(=O)(=O)NC(C)(C)C)c2)cc1OC. The number of ether oxygens (including phenoxy) is 3. The van der Waals surface area contributed by atoms with Crippen molar-refractivity contribution in [1.82, 2.24) is 4.72 Å². The quantitative estimate of drug-likeness (QED) is 0.711. The van der Waals surface area contributed by atoms with Gasteiger partial charge in [0.1, 0.15) is 5.75 Å². The van der Waals surface area contributed by atoms with Crippen molar-refractivity contribution >= 4 is 21.6 Å². The molecule has 0 fully saturated rings. The maximum Gasteiger partial charge on any atom is 0.259 e. The van der Waals surface area contributed by atoms with Gasteiger partial charge in [0.05, 0.1) is 31.8 Å². The highest BCUT2D eigenvalue weighted by Gasteiger charge is 2.23. The van der Waals surface area contributed by atoms with Crippen LogP contribution in [0.5, 0.6) is 17.2 Å². The number of carbonyl (C=O) groups excluding carboxylic acids is 1. The van der Waals surface area contributed by atoms with Crippen LogP contribution in [0.2, 0.25) is 0 Å². The lowest BCUT2D eigenvalue weighted by atomic mass is 10.1. The summed E-state index contributed by atoms with van der Waals surface area (Å²) in [5, 5.41) is 2.69. The van der Waals surface area contributed by atoms with Crippen molar-refractivity contribution in [1.29, 1.82) is 0 Å². The highest BCUT2D eigenvalue weighted by molar-refractivity contribution is 7.89. The van der Waals surface area contributed by atoms with Crippen LogP contribution in [0.1, 0.15) is 31.1 Å². The molecule has 0 heterocycles. The maximum absolute atomic E-state index is 12.8. The van der Waals surface area contributed by atoms with Crippen molar-refractivity contribution in [3.05, 3.63) is 42.0 Å². The highest BCUT2D eigenvalue weighted by atomic mass is 32.2. The highest BCUT2D eigenvalue weighted by Crippen LogP contribution is 2.35. The van der Waals surface area contributed by atoms with E-state index in [2.05, 4.69) is 10.0 Å². The average molecular weight is 423 g/mol. The molecular weight excluding hydrogens is 396 g/mol. The molecule has 0 aliphatic rings. The predicted octanol–water partition coefficient (Wildman–Crippen LogP) is 3.04. The van der Waals surface area contributed by atoms with Crippen molar-refractivity contribution in [3.8, 4) is 17.2 Å². The van der Waals surface area contributed by atoms with Crippen LogP contribution in [0.4, 0.5) is 5.69 Å². The van der Waals surface area contributed by atoms with Crippen molar-refractivity contribution < 1.29 is 27.4 Å². The Bertz CT molecular complexity index is 997. The van der Waals surface area contributed by atoms with Gasteiger partial charge in [0.25, 0.3) is 5.91 Å². The summed E-state index contributed by atoms with van der Waals surface area (Å²) in [7, 11) is 0.640. The zero-order chi connectivity index (χ0) is 21.8. The standard InChI is InChI=1S/C20H26N2O6S/c1-20(2,3)22-29(24,25)14-9-7-8-13(10-14)21-19(23)15-11-17(27-5)18(28-6)12-16(15)26-4/h7-12,22H,1-6H3,(H,21,23). The summed E-state index contributed by atoms with van der Waals surface area (Å²) in [6.07, 6.45) is 0. The molecule has 0 saturated heterocycles. The number of sulfonamides is 1. The molecule has 0 spiro atoms. The van der Waals surface area contributed by atoms with Gasteiger partial charge in [-0.25, -0.2) is 13.1 Å². The van der Waals surface area contributed by atoms with Crippen LogP contribution in [-0.4, -0.2) is 41.2 Å². The molecular formula is C20H26N2O6S. The molecule has 0 radical (unpaired) electrons. The Hall–Kier alpha value is -2.78. The van der Waals surface area contributed by atoms with Crippen molar-refractivity contribution in [3.63, 3.8) is 0 Å². The first kappa shape index (κ1) is 22.5. The summed E-state index contributed by atoms with van der Waals surface area (Å²) in [6, 6.07) is 9.04. The van der Waals surface area contributed by atoms with Crippen LogP contribution in [0.15, 0.2) is 41.3 Å². The van der Waals surface area contributed by atoms with E-state index in [9.17, 15) is 13.2 Å². The number of hydrogen-bond acceptors (Lipinski definition) is 6. The Kier molecular flexibility index (Phi) is 6.76. The first-order chi connectivity index (χ1) is 13.5. The molecule has 29 heavy (non-hydrogen) atoms. The molecule has 0 unspecified atom stereocenters. The smallest absolute Gasteiger partial charge is 0.259 e. The van der Waals surface area contributed by atoms with Gasteiger partial charge in [-0.05, 0) is 39.0 Å². The van der Waals surface area contributed by atoms with Crippen LogP contribution < -0.4 is 24.2 Å². The van der Waals surface area contributed by atoms with E-state index >= 15 is 0 Å². The summed E-state index contributed by atoms with van der Waals surface area (Å²) < 4.78 is 43.4. The minimum Gasteiger partial charge on any atom is -0.496 e. The van der Waals surface area contributed by atoms with Crippen LogP contribution in [0.3, 0.4) is 0 Å². The molecule has 2 rings (SSSR count). The van der Waals surface area contributed by atoms with E-state index in [-0.39, 0.29) is 10.5 Å². The summed E-state index contributed by atoms with van der Waals surface area (Å²) in [6.45, 7) is 5.25. The molecule has 0 bridgehead atoms. The zero-order valence-electron chi connectivity index (χ0n) is 17.3. The van der Waals surface area contributed by atoms with Crippen molar-refractivity contribution in [2.45, 2.75) is 31.2 Å². The number of anilines is 1. The Labute approximate surface area is 171 Å². The molecule has 0 aliphatic carbocycles. The minimum absolute atomic E-state index is 0.0458. The molecule has 2 aromatic carbocycles. The third kappa shape index (κ3) is 5.61. The normalized spacial score (nSPS) is 11.7. The maximum atomic E-state index is 12.8. The molecule has 158 valence electrons. The molecule has 0 saturated carbocycles. The Morgan fingerprint density at radius 1 is 0.897 bits per heavy atom. The lowest BCUT2D eigenvalue weighted by Crippen LogP contribution is -2.40. The van der Waals surface area contributed by atoms with E-state index in [0.29, 0.717) is 22.9 Å². The monoisotopic (exact) mass is 422 g/mol. The minimum atomic E-state index is -3.74. The van der Waals surface area contributed by atoms with E-state index in [0.717, 1.165) is 0 Å². The topological polar surface area (TPSA) is 103 Å². The largest absolute Gasteiger partial charge is 0.496 e. The zero-order valence-corrected chi connectivity index (χ0v) is 18.1. The third-order valence-electron chi connectivity index (χ3n) is 3.79.